The minimum atomic E-state index is 0.547. The van der Waals surface area contributed by atoms with Crippen molar-refractivity contribution >= 4 is 7.85 Å². The van der Waals surface area contributed by atoms with E-state index >= 15 is 0 Å². The Morgan fingerprint density at radius 2 is 1.56 bits per heavy atom. The minimum Gasteiger partial charge on any atom is -0.0620 e. The van der Waals surface area contributed by atoms with Crippen molar-refractivity contribution in [3.05, 3.63) is 58.7 Å². The molecule has 0 saturated carbocycles. The maximum atomic E-state index is 2.36. The highest BCUT2D eigenvalue weighted by Gasteiger charge is 2.24. The van der Waals surface area contributed by atoms with Crippen LogP contribution in [0.4, 0.5) is 0 Å². The molecule has 2 aromatic rings. The van der Waals surface area contributed by atoms with Crippen LogP contribution in [0.1, 0.15) is 28.1 Å². The summed E-state index contributed by atoms with van der Waals surface area (Å²) < 4.78 is 0. The zero-order chi connectivity index (χ0) is 11.3. The third-order valence-corrected chi connectivity index (χ3v) is 3.85. The van der Waals surface area contributed by atoms with Crippen molar-refractivity contribution in [2.24, 2.45) is 0 Å². The first-order chi connectivity index (χ1) is 7.68. The highest BCUT2D eigenvalue weighted by Crippen LogP contribution is 2.43. The molecule has 0 fully saturated rings. The number of hydrogen-bond acceptors (Lipinski definition) is 0. The summed E-state index contributed by atoms with van der Waals surface area (Å²) in [5.74, 6) is 0.547. The van der Waals surface area contributed by atoms with E-state index in [1.807, 2.05) is 0 Å². The number of fused-ring (bicyclic) bond motifs is 3. The Morgan fingerprint density at radius 3 is 2.38 bits per heavy atom. The summed E-state index contributed by atoms with van der Waals surface area (Å²) in [7, 11) is 2.30. The zero-order valence-electron chi connectivity index (χ0n) is 10.0. The van der Waals surface area contributed by atoms with Crippen LogP contribution in [0, 0.1) is 13.8 Å². The maximum absolute atomic E-state index is 2.36. The molecule has 0 amide bonds. The lowest BCUT2D eigenvalue weighted by Crippen LogP contribution is -1.95. The molecule has 0 spiro atoms. The summed E-state index contributed by atoms with van der Waals surface area (Å²) in [5, 5.41) is 0. The average Bonchev–Trinajstić information content (AvgIpc) is 2.55. The van der Waals surface area contributed by atoms with Gasteiger partial charge in [-0.3, -0.25) is 0 Å². The van der Waals surface area contributed by atoms with E-state index in [0.717, 1.165) is 0 Å². The summed E-state index contributed by atoms with van der Waals surface area (Å²) in [6.45, 7) is 4.40. The van der Waals surface area contributed by atoms with E-state index in [1.165, 1.54) is 33.4 Å². The van der Waals surface area contributed by atoms with Gasteiger partial charge in [-0.1, -0.05) is 36.4 Å². The molecule has 1 atom stereocenters. The normalized spacial score (nSPS) is 17.0. The van der Waals surface area contributed by atoms with Gasteiger partial charge in [0, 0.05) is 0 Å². The number of aryl methyl sites for hydroxylation is 2. The molecule has 1 heteroatoms. The van der Waals surface area contributed by atoms with Crippen LogP contribution >= 0.6 is 0 Å². The van der Waals surface area contributed by atoms with Crippen LogP contribution in [-0.2, 0) is 0 Å². The number of hydrogen-bond donors (Lipinski definition) is 0. The SMILES string of the molecule is BC1c2ccccc2-c2cc(C)c(C)cc21. The van der Waals surface area contributed by atoms with E-state index in [4.69, 9.17) is 0 Å². The fourth-order valence-corrected chi connectivity index (χ4v) is 2.72. The second-order valence-electron chi connectivity index (χ2n) is 4.83. The summed E-state index contributed by atoms with van der Waals surface area (Å²) in [6.07, 6.45) is 0. The van der Waals surface area contributed by atoms with Gasteiger partial charge in [-0.05, 0) is 53.0 Å². The lowest BCUT2D eigenvalue weighted by molar-refractivity contribution is 1.18. The molecule has 0 radical (unpaired) electrons. The predicted molar refractivity (Wildman–Crippen MR) is 71.7 cm³/mol. The molecule has 0 N–H and O–H groups in total. The van der Waals surface area contributed by atoms with Gasteiger partial charge < -0.3 is 0 Å². The first-order valence-electron chi connectivity index (χ1n) is 5.89. The molecule has 3 rings (SSSR count). The van der Waals surface area contributed by atoms with Gasteiger partial charge in [0.15, 0.2) is 0 Å². The van der Waals surface area contributed by atoms with Crippen LogP contribution in [0.25, 0.3) is 11.1 Å². The Hall–Kier alpha value is -1.50. The third kappa shape index (κ3) is 1.18. The second kappa shape index (κ2) is 3.25. The van der Waals surface area contributed by atoms with Gasteiger partial charge in [-0.2, -0.15) is 0 Å². The van der Waals surface area contributed by atoms with Crippen LogP contribution in [0.3, 0.4) is 0 Å². The van der Waals surface area contributed by atoms with E-state index in [0.29, 0.717) is 5.82 Å². The van der Waals surface area contributed by atoms with Crippen molar-refractivity contribution in [3.8, 4) is 11.1 Å². The smallest absolute Gasteiger partial charge is 0.0620 e. The molecule has 0 aliphatic heterocycles. The van der Waals surface area contributed by atoms with Crippen molar-refractivity contribution in [2.75, 3.05) is 0 Å². The topological polar surface area (TPSA) is 0 Å². The van der Waals surface area contributed by atoms with E-state index in [9.17, 15) is 0 Å². The fraction of sp³-hybridized carbons (Fsp3) is 0.200. The van der Waals surface area contributed by atoms with Crippen LogP contribution in [-0.4, -0.2) is 7.85 Å². The van der Waals surface area contributed by atoms with Crippen LogP contribution < -0.4 is 0 Å². The van der Waals surface area contributed by atoms with Crippen molar-refractivity contribution in [3.63, 3.8) is 0 Å². The van der Waals surface area contributed by atoms with Gasteiger partial charge in [0.2, 0.25) is 0 Å². The van der Waals surface area contributed by atoms with Crippen LogP contribution in [0.5, 0.6) is 0 Å². The monoisotopic (exact) mass is 206 g/mol. The first-order valence-corrected chi connectivity index (χ1v) is 5.89. The van der Waals surface area contributed by atoms with E-state index < -0.39 is 0 Å². The van der Waals surface area contributed by atoms with Gasteiger partial charge in [0.25, 0.3) is 0 Å². The predicted octanol–water partition coefficient (Wildman–Crippen LogP) is 3.01. The zero-order valence-corrected chi connectivity index (χ0v) is 10.0. The molecule has 16 heavy (non-hydrogen) atoms. The quantitative estimate of drug-likeness (QED) is 0.581. The number of benzene rings is 2. The molecule has 0 heterocycles. The summed E-state index contributed by atoms with van der Waals surface area (Å²) >= 11 is 0. The summed E-state index contributed by atoms with van der Waals surface area (Å²) in [6, 6.07) is 13.5. The minimum absolute atomic E-state index is 0.547. The Labute approximate surface area is 97.7 Å². The molecule has 1 aliphatic carbocycles. The molecule has 0 bridgehead atoms. The van der Waals surface area contributed by atoms with Crippen molar-refractivity contribution < 1.29 is 0 Å². The van der Waals surface area contributed by atoms with Crippen LogP contribution in [0.15, 0.2) is 36.4 Å². The Kier molecular flexibility index (Phi) is 1.97. The molecule has 1 aliphatic rings. The number of rotatable bonds is 0. The Morgan fingerprint density at radius 1 is 0.875 bits per heavy atom. The third-order valence-electron chi connectivity index (χ3n) is 3.85. The van der Waals surface area contributed by atoms with E-state index in [1.54, 1.807) is 0 Å². The summed E-state index contributed by atoms with van der Waals surface area (Å²) in [5.41, 5.74) is 8.62. The molecule has 0 saturated heterocycles. The fourth-order valence-electron chi connectivity index (χ4n) is 2.72. The summed E-state index contributed by atoms with van der Waals surface area (Å²) in [4.78, 5) is 0. The van der Waals surface area contributed by atoms with Gasteiger partial charge in [0.1, 0.15) is 7.85 Å². The average molecular weight is 206 g/mol. The molecule has 1 unspecified atom stereocenters. The second-order valence-corrected chi connectivity index (χ2v) is 4.83. The largest absolute Gasteiger partial charge is 0.116 e. The highest BCUT2D eigenvalue weighted by molar-refractivity contribution is 6.17. The van der Waals surface area contributed by atoms with Gasteiger partial charge >= 0.3 is 0 Å². The van der Waals surface area contributed by atoms with Gasteiger partial charge in [0.05, 0.1) is 0 Å². The van der Waals surface area contributed by atoms with Crippen molar-refractivity contribution in [1.29, 1.82) is 0 Å². The lowest BCUT2D eigenvalue weighted by atomic mass is 9.79. The highest BCUT2D eigenvalue weighted by atomic mass is 14.3. The van der Waals surface area contributed by atoms with E-state index in [2.05, 4.69) is 58.1 Å². The van der Waals surface area contributed by atoms with Crippen molar-refractivity contribution in [2.45, 2.75) is 19.7 Å². The molecular weight excluding hydrogens is 191 g/mol. The standard InChI is InChI=1S/C15H15B/c1-9-7-13-11-5-3-4-6-12(11)15(16)14(13)8-10(9)2/h3-8,15H,16H2,1-2H3. The first kappa shape index (κ1) is 9.71. The molecule has 0 aromatic heterocycles. The van der Waals surface area contributed by atoms with Crippen LogP contribution in [0.2, 0.25) is 0 Å². The molecule has 0 nitrogen and oxygen atoms in total. The van der Waals surface area contributed by atoms with E-state index in [-0.39, 0.29) is 0 Å². The van der Waals surface area contributed by atoms with Gasteiger partial charge in [-0.25, -0.2) is 0 Å². The Balaban J connectivity index is 2.34. The maximum Gasteiger partial charge on any atom is 0.116 e. The molecule has 2 aromatic carbocycles. The Bertz CT molecular complexity index is 570. The lowest BCUT2D eigenvalue weighted by Gasteiger charge is -2.08. The molecular formula is C15H15B. The van der Waals surface area contributed by atoms with Crippen molar-refractivity contribution in [1.82, 2.24) is 0 Å². The van der Waals surface area contributed by atoms with Gasteiger partial charge in [-0.15, -0.1) is 0 Å². The molecule has 78 valence electrons.